The number of para-hydroxylation sites is 1. The summed E-state index contributed by atoms with van der Waals surface area (Å²) in [5.74, 6) is -0.550. The summed E-state index contributed by atoms with van der Waals surface area (Å²) in [5.41, 5.74) is 2.08. The Labute approximate surface area is 248 Å². The van der Waals surface area contributed by atoms with Crippen molar-refractivity contribution in [3.8, 4) is 0 Å². The first-order chi connectivity index (χ1) is 20.3. The quantitative estimate of drug-likeness (QED) is 0.232. The van der Waals surface area contributed by atoms with Gasteiger partial charge in [-0.15, -0.1) is 0 Å². The fourth-order valence-electron chi connectivity index (χ4n) is 4.60. The molecule has 8 heteroatoms. The van der Waals surface area contributed by atoms with Gasteiger partial charge in [-0.05, 0) is 41.3 Å². The number of hydrogen-bond acceptors (Lipinski definition) is 4. The van der Waals surface area contributed by atoms with Crippen LogP contribution in [0.2, 0.25) is 0 Å². The SMILES string of the molecule is CC(C)CNC(=O)[C@H](Cc1ccccc1)N(Cc1ccccc1)C(=O)CN(c1ccccc1)S(=O)(=O)c1ccccc1. The number of amides is 2. The number of carbonyl (C=O) groups excluding carboxylic acids is 2. The van der Waals surface area contributed by atoms with Crippen LogP contribution in [0.25, 0.3) is 0 Å². The van der Waals surface area contributed by atoms with Gasteiger partial charge < -0.3 is 10.2 Å². The number of benzene rings is 4. The monoisotopic (exact) mass is 583 g/mol. The van der Waals surface area contributed by atoms with Gasteiger partial charge >= 0.3 is 0 Å². The molecular formula is C34H37N3O4S. The van der Waals surface area contributed by atoms with Gasteiger partial charge in [0.15, 0.2) is 0 Å². The van der Waals surface area contributed by atoms with E-state index in [1.165, 1.54) is 17.0 Å². The second-order valence-electron chi connectivity index (χ2n) is 10.5. The van der Waals surface area contributed by atoms with Crippen LogP contribution in [0.3, 0.4) is 0 Å². The smallest absolute Gasteiger partial charge is 0.264 e. The van der Waals surface area contributed by atoms with Crippen LogP contribution >= 0.6 is 0 Å². The number of nitrogens with zero attached hydrogens (tertiary/aromatic N) is 2. The largest absolute Gasteiger partial charge is 0.354 e. The normalized spacial score (nSPS) is 12.0. The average Bonchev–Trinajstić information content (AvgIpc) is 3.02. The summed E-state index contributed by atoms with van der Waals surface area (Å²) in [6.07, 6.45) is 0.278. The van der Waals surface area contributed by atoms with E-state index in [4.69, 9.17) is 0 Å². The van der Waals surface area contributed by atoms with Gasteiger partial charge in [-0.3, -0.25) is 13.9 Å². The van der Waals surface area contributed by atoms with Crippen LogP contribution in [0.1, 0.15) is 25.0 Å². The maximum absolute atomic E-state index is 14.3. The van der Waals surface area contributed by atoms with Crippen molar-refractivity contribution in [3.63, 3.8) is 0 Å². The molecule has 0 radical (unpaired) electrons. The highest BCUT2D eigenvalue weighted by molar-refractivity contribution is 7.92. The molecule has 0 bridgehead atoms. The van der Waals surface area contributed by atoms with E-state index in [1.807, 2.05) is 74.5 Å². The summed E-state index contributed by atoms with van der Waals surface area (Å²) in [6.45, 7) is 4.13. The van der Waals surface area contributed by atoms with Crippen LogP contribution in [0, 0.1) is 5.92 Å². The topological polar surface area (TPSA) is 86.8 Å². The molecule has 1 atom stereocenters. The molecule has 2 amide bonds. The number of rotatable bonds is 13. The summed E-state index contributed by atoms with van der Waals surface area (Å²) in [4.78, 5) is 29.6. The Morgan fingerprint density at radius 2 is 1.21 bits per heavy atom. The Bertz CT molecular complexity index is 1530. The third-order valence-corrected chi connectivity index (χ3v) is 8.59. The highest BCUT2D eigenvalue weighted by Crippen LogP contribution is 2.24. The van der Waals surface area contributed by atoms with Gasteiger partial charge in [0.25, 0.3) is 10.0 Å². The molecular weight excluding hydrogens is 546 g/mol. The van der Waals surface area contributed by atoms with Crippen LogP contribution in [0.4, 0.5) is 5.69 Å². The number of hydrogen-bond donors (Lipinski definition) is 1. The molecule has 0 spiro atoms. The van der Waals surface area contributed by atoms with Gasteiger partial charge in [0.1, 0.15) is 12.6 Å². The van der Waals surface area contributed by atoms with Gasteiger partial charge in [-0.1, -0.05) is 111 Å². The van der Waals surface area contributed by atoms with E-state index in [-0.39, 0.29) is 29.7 Å². The van der Waals surface area contributed by atoms with Crippen molar-refractivity contribution < 1.29 is 18.0 Å². The van der Waals surface area contributed by atoms with Gasteiger partial charge in [0.05, 0.1) is 10.6 Å². The molecule has 0 aliphatic rings. The van der Waals surface area contributed by atoms with Gasteiger partial charge in [0.2, 0.25) is 11.8 Å². The molecule has 1 N–H and O–H groups in total. The predicted octanol–water partition coefficient (Wildman–Crippen LogP) is 5.29. The zero-order chi connectivity index (χ0) is 30.0. The van der Waals surface area contributed by atoms with E-state index in [1.54, 1.807) is 48.5 Å². The lowest BCUT2D eigenvalue weighted by Gasteiger charge is -2.34. The minimum Gasteiger partial charge on any atom is -0.354 e. The summed E-state index contributed by atoms with van der Waals surface area (Å²) < 4.78 is 28.9. The zero-order valence-electron chi connectivity index (χ0n) is 24.0. The second kappa shape index (κ2) is 14.5. The van der Waals surface area contributed by atoms with E-state index in [9.17, 15) is 18.0 Å². The Morgan fingerprint density at radius 1 is 0.714 bits per heavy atom. The molecule has 4 aromatic carbocycles. The highest BCUT2D eigenvalue weighted by atomic mass is 32.2. The second-order valence-corrected chi connectivity index (χ2v) is 12.4. The maximum atomic E-state index is 14.3. The van der Waals surface area contributed by atoms with E-state index in [2.05, 4.69) is 5.32 Å². The number of sulfonamides is 1. The van der Waals surface area contributed by atoms with Crippen molar-refractivity contribution in [3.05, 3.63) is 132 Å². The number of carbonyl (C=O) groups is 2. The molecule has 42 heavy (non-hydrogen) atoms. The Balaban J connectivity index is 1.76. The minimum atomic E-state index is -4.10. The number of nitrogens with one attached hydrogen (secondary N) is 1. The van der Waals surface area contributed by atoms with Crippen LogP contribution in [0.5, 0.6) is 0 Å². The lowest BCUT2D eigenvalue weighted by atomic mass is 10.0. The first-order valence-corrected chi connectivity index (χ1v) is 15.5. The van der Waals surface area contributed by atoms with Gasteiger partial charge in [-0.2, -0.15) is 0 Å². The van der Waals surface area contributed by atoms with Crippen LogP contribution < -0.4 is 9.62 Å². The standard InChI is InChI=1S/C34H37N3O4S/c1-27(2)24-35-34(39)32(23-28-15-7-3-8-16-28)36(25-29-17-9-4-10-18-29)33(38)26-37(30-19-11-5-12-20-30)42(40,41)31-21-13-6-14-22-31/h3-22,27,32H,23-26H2,1-2H3,(H,35,39)/t32-/m0/s1. The first kappa shape index (κ1) is 30.5. The Kier molecular flexibility index (Phi) is 10.5. The van der Waals surface area contributed by atoms with Crippen LogP contribution in [-0.2, 0) is 32.6 Å². The van der Waals surface area contributed by atoms with Crippen molar-refractivity contribution in [1.82, 2.24) is 10.2 Å². The predicted molar refractivity (Wildman–Crippen MR) is 166 cm³/mol. The molecule has 4 aromatic rings. The number of anilines is 1. The van der Waals surface area contributed by atoms with Crippen molar-refractivity contribution in [2.45, 2.75) is 37.8 Å². The zero-order valence-corrected chi connectivity index (χ0v) is 24.8. The fraction of sp³-hybridized carbons (Fsp3) is 0.235. The van der Waals surface area contributed by atoms with Crippen molar-refractivity contribution in [2.24, 2.45) is 5.92 Å². The molecule has 0 saturated carbocycles. The lowest BCUT2D eigenvalue weighted by molar-refractivity contribution is -0.140. The molecule has 0 saturated heterocycles. The van der Waals surface area contributed by atoms with Crippen LogP contribution in [0.15, 0.2) is 126 Å². The molecule has 218 valence electrons. The summed E-state index contributed by atoms with van der Waals surface area (Å²) >= 11 is 0. The molecule has 4 rings (SSSR count). The Morgan fingerprint density at radius 3 is 1.76 bits per heavy atom. The molecule has 0 fully saturated rings. The molecule has 0 heterocycles. The van der Waals surface area contributed by atoms with Gasteiger partial charge in [0, 0.05) is 19.5 Å². The van der Waals surface area contributed by atoms with E-state index >= 15 is 0 Å². The van der Waals surface area contributed by atoms with E-state index < -0.39 is 28.5 Å². The molecule has 7 nitrogen and oxygen atoms in total. The van der Waals surface area contributed by atoms with Crippen molar-refractivity contribution >= 4 is 27.5 Å². The minimum absolute atomic E-state index is 0.0757. The average molecular weight is 584 g/mol. The third kappa shape index (κ3) is 8.07. The lowest BCUT2D eigenvalue weighted by Crippen LogP contribution is -2.53. The maximum Gasteiger partial charge on any atom is 0.264 e. The first-order valence-electron chi connectivity index (χ1n) is 14.0. The van der Waals surface area contributed by atoms with Crippen LogP contribution in [-0.4, -0.2) is 44.3 Å². The van der Waals surface area contributed by atoms with Crippen molar-refractivity contribution in [1.29, 1.82) is 0 Å². The summed E-state index contributed by atoms with van der Waals surface area (Å²) in [7, 11) is -4.10. The van der Waals surface area contributed by atoms with Gasteiger partial charge in [-0.25, -0.2) is 8.42 Å². The summed E-state index contributed by atoms with van der Waals surface area (Å²) in [6, 6.07) is 34.7. The third-order valence-electron chi connectivity index (χ3n) is 6.81. The van der Waals surface area contributed by atoms with E-state index in [0.717, 1.165) is 15.4 Å². The Hall–Kier alpha value is -4.43. The van der Waals surface area contributed by atoms with E-state index in [0.29, 0.717) is 12.2 Å². The highest BCUT2D eigenvalue weighted by Gasteiger charge is 2.34. The fourth-order valence-corrected chi connectivity index (χ4v) is 6.03. The molecule has 0 aliphatic carbocycles. The summed E-state index contributed by atoms with van der Waals surface area (Å²) in [5, 5.41) is 3.00. The van der Waals surface area contributed by atoms with Crippen molar-refractivity contribution in [2.75, 3.05) is 17.4 Å². The molecule has 0 aromatic heterocycles. The molecule has 0 unspecified atom stereocenters. The molecule has 0 aliphatic heterocycles.